The second-order valence-electron chi connectivity index (χ2n) is 2.65. The molecule has 0 bridgehead atoms. The average Bonchev–Trinajstić information content (AvgIpc) is 2.12. The summed E-state index contributed by atoms with van der Waals surface area (Å²) in [6.45, 7) is -3.61. The molecule has 0 N–H and O–H groups in total. The van der Waals surface area contributed by atoms with E-state index in [2.05, 4.69) is 14.2 Å². The molecular formula is C7H9F7O3. The second kappa shape index (κ2) is 6.36. The Bertz CT molecular complexity index is 218. The average molecular weight is 274 g/mol. The lowest BCUT2D eigenvalue weighted by Gasteiger charge is -2.23. The summed E-state index contributed by atoms with van der Waals surface area (Å²) < 4.78 is 94.3. The van der Waals surface area contributed by atoms with Gasteiger partial charge in [-0.05, 0) is 6.92 Å². The Labute approximate surface area is 91.4 Å². The second-order valence-corrected chi connectivity index (χ2v) is 2.65. The van der Waals surface area contributed by atoms with Crippen LogP contribution < -0.4 is 0 Å². The van der Waals surface area contributed by atoms with Gasteiger partial charge in [-0.2, -0.15) is 22.0 Å². The molecule has 0 aliphatic heterocycles. The lowest BCUT2D eigenvalue weighted by molar-refractivity contribution is -0.420. The van der Waals surface area contributed by atoms with Gasteiger partial charge >= 0.3 is 18.7 Å². The van der Waals surface area contributed by atoms with Crippen molar-refractivity contribution in [2.75, 3.05) is 13.2 Å². The molecule has 1 atom stereocenters. The van der Waals surface area contributed by atoms with Crippen LogP contribution in [-0.4, -0.2) is 38.4 Å². The molecule has 0 radical (unpaired) electrons. The molecule has 0 amide bonds. The van der Waals surface area contributed by atoms with Gasteiger partial charge in [-0.3, -0.25) is 4.74 Å². The zero-order chi connectivity index (χ0) is 13.7. The number of hydrogen-bond donors (Lipinski definition) is 0. The highest BCUT2D eigenvalue weighted by Gasteiger charge is 2.46. The molecule has 0 aromatic heterocycles. The summed E-state index contributed by atoms with van der Waals surface area (Å²) in [4.78, 5) is 0. The fraction of sp³-hybridized carbons (Fsp3) is 1.00. The summed E-state index contributed by atoms with van der Waals surface area (Å²) in [5.74, 6) is 0. The highest BCUT2D eigenvalue weighted by atomic mass is 19.4. The van der Waals surface area contributed by atoms with E-state index in [1.165, 1.54) is 6.92 Å². The molecule has 0 aliphatic rings. The molecule has 0 fully saturated rings. The smallest absolute Gasteiger partial charge is 0.330 e. The lowest BCUT2D eigenvalue weighted by Crippen LogP contribution is -2.38. The molecule has 0 heterocycles. The molecule has 0 rings (SSSR count). The van der Waals surface area contributed by atoms with Crippen molar-refractivity contribution in [3.63, 3.8) is 0 Å². The SMILES string of the molecule is CCOC(OCC(F)(F)F)OC(F)(F)C(F)F. The van der Waals surface area contributed by atoms with Crippen molar-refractivity contribution in [2.45, 2.75) is 32.1 Å². The predicted octanol–water partition coefficient (Wildman–Crippen LogP) is 2.76. The van der Waals surface area contributed by atoms with Gasteiger partial charge in [-0.25, -0.2) is 8.78 Å². The standard InChI is InChI=1S/C7H9F7O3/c1-2-15-5(16-3-6(10,11)12)17-7(13,14)4(8)9/h4-5H,2-3H2,1H3. The van der Waals surface area contributed by atoms with E-state index in [1.807, 2.05) is 0 Å². The van der Waals surface area contributed by atoms with E-state index in [1.54, 1.807) is 0 Å². The van der Waals surface area contributed by atoms with Gasteiger partial charge in [-0.15, -0.1) is 0 Å². The van der Waals surface area contributed by atoms with Gasteiger partial charge in [0, 0.05) is 6.61 Å². The summed E-state index contributed by atoms with van der Waals surface area (Å²) in [5.41, 5.74) is 0. The molecule has 0 aromatic carbocycles. The molecule has 10 heteroatoms. The number of rotatable bonds is 7. The molecule has 0 spiro atoms. The van der Waals surface area contributed by atoms with Crippen LogP contribution in [0.3, 0.4) is 0 Å². The van der Waals surface area contributed by atoms with Crippen LogP contribution in [0.15, 0.2) is 0 Å². The normalized spacial score (nSPS) is 15.4. The maximum absolute atomic E-state index is 12.3. The predicted molar refractivity (Wildman–Crippen MR) is 39.5 cm³/mol. The molecule has 104 valence electrons. The van der Waals surface area contributed by atoms with Crippen LogP contribution in [0, 0.1) is 0 Å². The van der Waals surface area contributed by atoms with Crippen LogP contribution in [0.25, 0.3) is 0 Å². The third-order valence-electron chi connectivity index (χ3n) is 1.19. The Balaban J connectivity index is 4.33. The Morgan fingerprint density at radius 2 is 1.53 bits per heavy atom. The quantitative estimate of drug-likeness (QED) is 0.527. The zero-order valence-electron chi connectivity index (χ0n) is 8.44. The van der Waals surface area contributed by atoms with Gasteiger partial charge in [0.25, 0.3) is 6.48 Å². The van der Waals surface area contributed by atoms with E-state index in [0.717, 1.165) is 0 Å². The number of halogens is 7. The van der Waals surface area contributed by atoms with Crippen molar-refractivity contribution >= 4 is 0 Å². The molecule has 0 aliphatic carbocycles. The summed E-state index contributed by atoms with van der Waals surface area (Å²) in [6, 6.07) is 0. The number of ether oxygens (including phenoxy) is 3. The maximum atomic E-state index is 12.3. The Morgan fingerprint density at radius 1 is 1.00 bits per heavy atom. The van der Waals surface area contributed by atoms with Crippen LogP contribution >= 0.6 is 0 Å². The van der Waals surface area contributed by atoms with Gasteiger partial charge < -0.3 is 9.47 Å². The first-order chi connectivity index (χ1) is 7.58. The highest BCUT2D eigenvalue weighted by molar-refractivity contribution is 4.55. The molecule has 0 saturated heterocycles. The monoisotopic (exact) mass is 274 g/mol. The van der Waals surface area contributed by atoms with Crippen molar-refractivity contribution in [2.24, 2.45) is 0 Å². The van der Waals surface area contributed by atoms with E-state index in [0.29, 0.717) is 0 Å². The van der Waals surface area contributed by atoms with Crippen LogP contribution in [-0.2, 0) is 14.2 Å². The van der Waals surface area contributed by atoms with E-state index in [9.17, 15) is 30.7 Å². The molecule has 0 aromatic rings. The van der Waals surface area contributed by atoms with Crippen LogP contribution in [0.1, 0.15) is 6.92 Å². The van der Waals surface area contributed by atoms with Crippen LogP contribution in [0.5, 0.6) is 0 Å². The summed E-state index contributed by atoms with van der Waals surface area (Å²) >= 11 is 0. The Morgan fingerprint density at radius 3 is 1.88 bits per heavy atom. The third kappa shape index (κ3) is 7.34. The van der Waals surface area contributed by atoms with E-state index < -0.39 is 31.8 Å². The topological polar surface area (TPSA) is 27.7 Å². The fourth-order valence-corrected chi connectivity index (χ4v) is 0.594. The fourth-order valence-electron chi connectivity index (χ4n) is 0.594. The summed E-state index contributed by atoms with van der Waals surface area (Å²) in [5, 5.41) is 0. The first-order valence-corrected chi connectivity index (χ1v) is 4.22. The highest BCUT2D eigenvalue weighted by Crippen LogP contribution is 2.27. The summed E-state index contributed by atoms with van der Waals surface area (Å²) in [7, 11) is 0. The minimum Gasteiger partial charge on any atom is -0.330 e. The van der Waals surface area contributed by atoms with Crippen molar-refractivity contribution in [3.8, 4) is 0 Å². The van der Waals surface area contributed by atoms with Crippen LogP contribution in [0.4, 0.5) is 30.7 Å². The minimum absolute atomic E-state index is 0.359. The molecule has 3 nitrogen and oxygen atoms in total. The third-order valence-corrected chi connectivity index (χ3v) is 1.19. The van der Waals surface area contributed by atoms with Crippen molar-refractivity contribution in [1.29, 1.82) is 0 Å². The van der Waals surface area contributed by atoms with Crippen LogP contribution in [0.2, 0.25) is 0 Å². The van der Waals surface area contributed by atoms with E-state index >= 15 is 0 Å². The van der Waals surface area contributed by atoms with Crippen molar-refractivity contribution in [1.82, 2.24) is 0 Å². The largest absolute Gasteiger partial charge is 0.420 e. The van der Waals surface area contributed by atoms with Gasteiger partial charge in [0.15, 0.2) is 0 Å². The molecular weight excluding hydrogens is 265 g/mol. The van der Waals surface area contributed by atoms with E-state index in [4.69, 9.17) is 0 Å². The summed E-state index contributed by atoms with van der Waals surface area (Å²) in [6.07, 6.45) is -14.0. The Hall–Kier alpha value is -0.610. The Kier molecular flexibility index (Phi) is 6.13. The molecule has 17 heavy (non-hydrogen) atoms. The van der Waals surface area contributed by atoms with Crippen molar-refractivity contribution < 1.29 is 44.9 Å². The minimum atomic E-state index is -4.95. The first kappa shape index (κ1) is 16.4. The van der Waals surface area contributed by atoms with Crippen molar-refractivity contribution in [3.05, 3.63) is 0 Å². The zero-order valence-corrected chi connectivity index (χ0v) is 8.44. The maximum Gasteiger partial charge on any atom is 0.420 e. The van der Waals surface area contributed by atoms with Gasteiger partial charge in [0.1, 0.15) is 6.61 Å². The van der Waals surface area contributed by atoms with Gasteiger partial charge in [-0.1, -0.05) is 0 Å². The number of hydrogen-bond acceptors (Lipinski definition) is 3. The molecule has 1 unspecified atom stereocenters. The first-order valence-electron chi connectivity index (χ1n) is 4.22. The van der Waals surface area contributed by atoms with Gasteiger partial charge in [0.05, 0.1) is 0 Å². The number of alkyl halides is 7. The lowest BCUT2D eigenvalue weighted by atomic mass is 10.6. The molecule has 0 saturated carbocycles. The van der Waals surface area contributed by atoms with Gasteiger partial charge in [0.2, 0.25) is 0 Å². The van der Waals surface area contributed by atoms with E-state index in [-0.39, 0.29) is 6.61 Å².